The lowest BCUT2D eigenvalue weighted by molar-refractivity contribution is 0.0472. The first-order valence-corrected chi connectivity index (χ1v) is 7.79. The Morgan fingerprint density at radius 2 is 2.08 bits per heavy atom. The van der Waals surface area contributed by atoms with Crippen LogP contribution in [0.1, 0.15) is 21.5 Å². The standard InChI is InChI=1S/C18H19N5O2/c1-13-8-15(23-12-19-11-21-23)4-5-16(13)18(24)25-10-14-6-7-20-17(9-14)22(2)3/h4-9,11-12H,10H2,1-3H3. The molecule has 3 aromatic rings. The van der Waals surface area contributed by atoms with Gasteiger partial charge >= 0.3 is 5.97 Å². The number of ether oxygens (including phenoxy) is 1. The lowest BCUT2D eigenvalue weighted by atomic mass is 10.1. The number of carbonyl (C=O) groups excluding carboxylic acids is 1. The van der Waals surface area contributed by atoms with Crippen LogP contribution in [0.4, 0.5) is 5.82 Å². The molecule has 0 aliphatic heterocycles. The Morgan fingerprint density at radius 1 is 1.24 bits per heavy atom. The zero-order valence-corrected chi connectivity index (χ0v) is 14.4. The van der Waals surface area contributed by atoms with Gasteiger partial charge in [-0.2, -0.15) is 5.10 Å². The molecule has 0 aliphatic rings. The van der Waals surface area contributed by atoms with Crippen molar-refractivity contribution >= 4 is 11.8 Å². The minimum absolute atomic E-state index is 0.201. The number of aryl methyl sites for hydroxylation is 1. The molecule has 0 fully saturated rings. The monoisotopic (exact) mass is 337 g/mol. The summed E-state index contributed by atoms with van der Waals surface area (Å²) < 4.78 is 7.08. The van der Waals surface area contributed by atoms with E-state index in [1.54, 1.807) is 23.3 Å². The molecular formula is C18H19N5O2. The summed E-state index contributed by atoms with van der Waals surface area (Å²) in [5, 5.41) is 4.08. The fourth-order valence-electron chi connectivity index (χ4n) is 2.38. The van der Waals surface area contributed by atoms with Gasteiger partial charge in [0.1, 0.15) is 25.1 Å². The van der Waals surface area contributed by atoms with Crippen LogP contribution < -0.4 is 4.90 Å². The van der Waals surface area contributed by atoms with E-state index in [-0.39, 0.29) is 12.6 Å². The van der Waals surface area contributed by atoms with Crippen LogP contribution in [0.25, 0.3) is 5.69 Å². The molecule has 0 amide bonds. The highest BCUT2D eigenvalue weighted by Crippen LogP contribution is 2.16. The molecular weight excluding hydrogens is 318 g/mol. The van der Waals surface area contributed by atoms with Gasteiger partial charge in [-0.25, -0.2) is 19.4 Å². The summed E-state index contributed by atoms with van der Waals surface area (Å²) in [4.78, 5) is 22.4. The van der Waals surface area contributed by atoms with Crippen LogP contribution in [0.5, 0.6) is 0 Å². The van der Waals surface area contributed by atoms with Gasteiger partial charge in [0.2, 0.25) is 0 Å². The zero-order chi connectivity index (χ0) is 17.8. The summed E-state index contributed by atoms with van der Waals surface area (Å²) in [6.07, 6.45) is 4.78. The first kappa shape index (κ1) is 16.6. The van der Waals surface area contributed by atoms with E-state index in [1.807, 2.05) is 50.2 Å². The second-order valence-corrected chi connectivity index (χ2v) is 5.83. The van der Waals surface area contributed by atoms with E-state index in [4.69, 9.17) is 4.74 Å². The van der Waals surface area contributed by atoms with Gasteiger partial charge in [0.15, 0.2) is 0 Å². The van der Waals surface area contributed by atoms with Crippen molar-refractivity contribution < 1.29 is 9.53 Å². The Bertz CT molecular complexity index is 875. The van der Waals surface area contributed by atoms with Crippen LogP contribution in [0.3, 0.4) is 0 Å². The van der Waals surface area contributed by atoms with Crippen LogP contribution in [0, 0.1) is 6.92 Å². The van der Waals surface area contributed by atoms with Crippen LogP contribution in [-0.4, -0.2) is 39.8 Å². The number of benzene rings is 1. The summed E-state index contributed by atoms with van der Waals surface area (Å²) in [7, 11) is 3.83. The van der Waals surface area contributed by atoms with Gasteiger partial charge in [-0.3, -0.25) is 0 Å². The molecule has 0 bridgehead atoms. The maximum Gasteiger partial charge on any atom is 0.338 e. The molecule has 0 spiro atoms. The topological polar surface area (TPSA) is 73.1 Å². The van der Waals surface area contributed by atoms with Crippen molar-refractivity contribution in [3.8, 4) is 5.69 Å². The van der Waals surface area contributed by atoms with Crippen LogP contribution in [0.15, 0.2) is 49.2 Å². The Hall–Kier alpha value is -3.22. The minimum Gasteiger partial charge on any atom is -0.457 e. The lowest BCUT2D eigenvalue weighted by Crippen LogP contribution is -2.11. The quantitative estimate of drug-likeness (QED) is 0.666. The normalized spacial score (nSPS) is 10.5. The third-order valence-corrected chi connectivity index (χ3v) is 3.75. The van der Waals surface area contributed by atoms with E-state index < -0.39 is 0 Å². The molecule has 1 aromatic carbocycles. The third-order valence-electron chi connectivity index (χ3n) is 3.75. The number of pyridine rings is 1. The van der Waals surface area contributed by atoms with E-state index in [0.717, 1.165) is 22.6 Å². The molecule has 7 nitrogen and oxygen atoms in total. The SMILES string of the molecule is Cc1cc(-n2cncn2)ccc1C(=O)OCc1ccnc(N(C)C)c1. The Labute approximate surface area is 145 Å². The first-order valence-electron chi connectivity index (χ1n) is 7.79. The summed E-state index contributed by atoms with van der Waals surface area (Å²) in [6, 6.07) is 9.16. The second-order valence-electron chi connectivity index (χ2n) is 5.83. The predicted octanol–water partition coefficient (Wildman–Crippen LogP) is 2.39. The van der Waals surface area contributed by atoms with E-state index in [9.17, 15) is 4.79 Å². The van der Waals surface area contributed by atoms with Gasteiger partial charge in [-0.1, -0.05) is 0 Å². The average molecular weight is 337 g/mol. The number of nitrogens with zero attached hydrogens (tertiary/aromatic N) is 5. The van der Waals surface area contributed by atoms with Gasteiger partial charge < -0.3 is 9.64 Å². The maximum absolute atomic E-state index is 12.4. The van der Waals surface area contributed by atoms with E-state index in [1.165, 1.54) is 6.33 Å². The summed E-state index contributed by atoms with van der Waals surface area (Å²) in [5.41, 5.74) is 3.09. The largest absolute Gasteiger partial charge is 0.457 e. The molecule has 0 atom stereocenters. The smallest absolute Gasteiger partial charge is 0.338 e. The molecule has 0 aliphatic carbocycles. The van der Waals surface area contributed by atoms with Crippen molar-refractivity contribution in [2.75, 3.05) is 19.0 Å². The van der Waals surface area contributed by atoms with Crippen molar-refractivity contribution in [3.63, 3.8) is 0 Å². The van der Waals surface area contributed by atoms with Gasteiger partial charge in [-0.05, 0) is 48.4 Å². The van der Waals surface area contributed by atoms with Crippen molar-refractivity contribution in [2.24, 2.45) is 0 Å². The van der Waals surface area contributed by atoms with Crippen molar-refractivity contribution in [3.05, 3.63) is 65.9 Å². The summed E-state index contributed by atoms with van der Waals surface area (Å²) in [6.45, 7) is 2.07. The van der Waals surface area contributed by atoms with Crippen molar-refractivity contribution in [1.82, 2.24) is 19.7 Å². The molecule has 128 valence electrons. The molecule has 2 aromatic heterocycles. The molecule has 7 heteroatoms. The molecule has 25 heavy (non-hydrogen) atoms. The Kier molecular flexibility index (Phi) is 4.74. The van der Waals surface area contributed by atoms with Crippen LogP contribution in [-0.2, 0) is 11.3 Å². The van der Waals surface area contributed by atoms with Crippen LogP contribution >= 0.6 is 0 Å². The Morgan fingerprint density at radius 3 is 2.76 bits per heavy atom. The zero-order valence-electron chi connectivity index (χ0n) is 14.4. The number of anilines is 1. The van der Waals surface area contributed by atoms with E-state index >= 15 is 0 Å². The highest BCUT2D eigenvalue weighted by atomic mass is 16.5. The Balaban J connectivity index is 1.70. The van der Waals surface area contributed by atoms with Gasteiger partial charge in [0, 0.05) is 20.3 Å². The summed E-state index contributed by atoms with van der Waals surface area (Å²) in [5.74, 6) is 0.466. The molecule has 2 heterocycles. The number of rotatable bonds is 5. The molecule has 0 radical (unpaired) electrons. The number of aromatic nitrogens is 4. The summed E-state index contributed by atoms with van der Waals surface area (Å²) >= 11 is 0. The van der Waals surface area contributed by atoms with Crippen molar-refractivity contribution in [1.29, 1.82) is 0 Å². The van der Waals surface area contributed by atoms with E-state index in [0.29, 0.717) is 5.56 Å². The van der Waals surface area contributed by atoms with Gasteiger partial charge in [0.25, 0.3) is 0 Å². The lowest BCUT2D eigenvalue weighted by Gasteiger charge is -2.13. The molecule has 0 unspecified atom stereocenters. The van der Waals surface area contributed by atoms with Gasteiger partial charge in [-0.15, -0.1) is 0 Å². The van der Waals surface area contributed by atoms with Crippen molar-refractivity contribution in [2.45, 2.75) is 13.5 Å². The third kappa shape index (κ3) is 3.82. The molecule has 0 saturated carbocycles. The highest BCUT2D eigenvalue weighted by molar-refractivity contribution is 5.91. The maximum atomic E-state index is 12.4. The first-order chi connectivity index (χ1) is 12.0. The van der Waals surface area contributed by atoms with Gasteiger partial charge in [0.05, 0.1) is 11.3 Å². The molecule has 3 rings (SSSR count). The second kappa shape index (κ2) is 7.12. The van der Waals surface area contributed by atoms with E-state index in [2.05, 4.69) is 15.1 Å². The number of carbonyl (C=O) groups is 1. The number of hydrogen-bond donors (Lipinski definition) is 0. The average Bonchev–Trinajstić information content (AvgIpc) is 3.14. The predicted molar refractivity (Wildman–Crippen MR) is 93.8 cm³/mol. The number of hydrogen-bond acceptors (Lipinski definition) is 6. The fourth-order valence-corrected chi connectivity index (χ4v) is 2.38. The minimum atomic E-state index is -0.356. The highest BCUT2D eigenvalue weighted by Gasteiger charge is 2.12. The fraction of sp³-hybridized carbons (Fsp3) is 0.222. The molecule has 0 saturated heterocycles. The molecule has 0 N–H and O–H groups in total. The van der Waals surface area contributed by atoms with Crippen LogP contribution in [0.2, 0.25) is 0 Å². The number of esters is 1.